The largest absolute Gasteiger partial charge is 0.543 e. The molecule has 0 radical (unpaired) electrons. The van der Waals surface area contributed by atoms with Gasteiger partial charge in [0.2, 0.25) is 20.1 Å². The van der Waals surface area contributed by atoms with Crippen molar-refractivity contribution in [2.75, 3.05) is 19.5 Å². The smallest absolute Gasteiger partial charge is 0.339 e. The number of aromatic nitrogens is 2. The Balaban J connectivity index is 1.97. The molecule has 0 spiro atoms. The first kappa shape index (κ1) is 39.4. The highest BCUT2D eigenvalue weighted by molar-refractivity contribution is 7.98. The molecule has 1 amide bonds. The minimum absolute atomic E-state index is 0.0249. The number of nitro groups is 1. The fraction of sp³-hybridized carbons (Fsp3) is 0.515. The Morgan fingerprint density at radius 3 is 2.39 bits per heavy atom. The van der Waals surface area contributed by atoms with Gasteiger partial charge < -0.3 is 34.0 Å². The van der Waals surface area contributed by atoms with Crippen molar-refractivity contribution in [3.05, 3.63) is 74.4 Å². The van der Waals surface area contributed by atoms with Crippen LogP contribution < -0.4 is 14.5 Å². The van der Waals surface area contributed by atoms with Crippen LogP contribution in [0.1, 0.15) is 78.4 Å². The number of hydrogen-bond acceptors (Lipinski definition) is 13. The van der Waals surface area contributed by atoms with Gasteiger partial charge in [0, 0.05) is 47.3 Å². The van der Waals surface area contributed by atoms with Crippen molar-refractivity contribution in [2.24, 2.45) is 0 Å². The van der Waals surface area contributed by atoms with Gasteiger partial charge in [-0.25, -0.2) is 4.79 Å². The molecule has 16 heteroatoms. The number of nitro benzene ring substituents is 1. The van der Waals surface area contributed by atoms with Gasteiger partial charge in [-0.15, -0.1) is 0 Å². The summed E-state index contributed by atoms with van der Waals surface area (Å²) < 4.78 is 23.6. The normalized spacial score (nSPS) is 13.0. The molecule has 3 rings (SSSR count). The summed E-state index contributed by atoms with van der Waals surface area (Å²) in [7, 11) is -0.917. The zero-order valence-corrected chi connectivity index (χ0v) is 31.0. The van der Waals surface area contributed by atoms with E-state index in [0.717, 1.165) is 0 Å². The highest BCUT2D eigenvalue weighted by atomic mass is 32.2. The average Bonchev–Trinajstić information content (AvgIpc) is 3.48. The third-order valence-corrected chi connectivity index (χ3v) is 13.7. The molecule has 2 aromatic carbocycles. The van der Waals surface area contributed by atoms with Gasteiger partial charge >= 0.3 is 5.97 Å². The van der Waals surface area contributed by atoms with E-state index in [-0.39, 0.29) is 59.0 Å². The Kier molecular flexibility index (Phi) is 13.8. The fourth-order valence-electron chi connectivity index (χ4n) is 4.44. The summed E-state index contributed by atoms with van der Waals surface area (Å²) in [6, 6.07) is 6.86. The van der Waals surface area contributed by atoms with Crippen molar-refractivity contribution in [3.8, 4) is 11.5 Å². The lowest BCUT2D eigenvalue weighted by Crippen LogP contribution is -2.44. The second kappa shape index (κ2) is 17.1. The number of nitrogens with zero attached hydrogens (tertiary/aromatic N) is 3. The summed E-state index contributed by atoms with van der Waals surface area (Å²) in [6.07, 6.45) is -0.959. The summed E-state index contributed by atoms with van der Waals surface area (Å²) in [5, 5.41) is 36.4. The van der Waals surface area contributed by atoms with E-state index in [0.29, 0.717) is 34.0 Å². The minimum Gasteiger partial charge on any atom is -0.543 e. The summed E-state index contributed by atoms with van der Waals surface area (Å²) >= 11 is 1.40. The van der Waals surface area contributed by atoms with Gasteiger partial charge in [-0.05, 0) is 56.1 Å². The number of carbonyl (C=O) groups is 2. The number of esters is 1. The molecule has 0 aliphatic rings. The van der Waals surface area contributed by atoms with Crippen LogP contribution in [-0.2, 0) is 21.9 Å². The summed E-state index contributed by atoms with van der Waals surface area (Å²) in [5.41, 5.74) is 1.91. The maximum Gasteiger partial charge on any atom is 0.339 e. The number of benzene rings is 2. The van der Waals surface area contributed by atoms with Crippen molar-refractivity contribution in [1.82, 2.24) is 15.5 Å². The molecule has 0 saturated carbocycles. The van der Waals surface area contributed by atoms with Crippen LogP contribution in [0.15, 0.2) is 34.9 Å². The number of nitrogens with one attached hydrogen (secondary N) is 1. The Morgan fingerprint density at radius 1 is 1.16 bits per heavy atom. The highest BCUT2D eigenvalue weighted by Crippen LogP contribution is 2.42. The average molecular weight is 719 g/mol. The molecule has 49 heavy (non-hydrogen) atoms. The third-order valence-electron chi connectivity index (χ3n) is 8.34. The number of thioether (sulfide) groups is 1. The fourth-order valence-corrected chi connectivity index (χ4v) is 6.54. The summed E-state index contributed by atoms with van der Waals surface area (Å²) in [6.45, 7) is 13.4. The molecule has 3 N–H and O–H groups in total. The second-order valence-corrected chi connectivity index (χ2v) is 18.9. The van der Waals surface area contributed by atoms with Crippen LogP contribution in [0.3, 0.4) is 0 Å². The Bertz CT molecular complexity index is 1610. The Hall–Kier alpha value is -3.99. The maximum absolute atomic E-state index is 13.9. The van der Waals surface area contributed by atoms with Gasteiger partial charge in [-0.2, -0.15) is 16.7 Å². The zero-order valence-electron chi connectivity index (χ0n) is 29.2. The first-order valence-corrected chi connectivity index (χ1v) is 19.8. The zero-order chi connectivity index (χ0) is 36.5. The lowest BCUT2D eigenvalue weighted by molar-refractivity contribution is -0.384. The van der Waals surface area contributed by atoms with Crippen molar-refractivity contribution < 1.29 is 43.1 Å². The van der Waals surface area contributed by atoms with Crippen LogP contribution in [0.25, 0.3) is 0 Å². The van der Waals surface area contributed by atoms with Crippen LogP contribution in [-0.4, -0.2) is 71.0 Å². The van der Waals surface area contributed by atoms with E-state index in [1.54, 1.807) is 19.9 Å². The number of non-ortho nitro benzene ring substituents is 1. The van der Waals surface area contributed by atoms with Crippen molar-refractivity contribution in [3.63, 3.8) is 0 Å². The number of aliphatic hydroxyl groups excluding tert-OH is 2. The molecule has 0 aliphatic carbocycles. The molecule has 1 aromatic heterocycles. The molecule has 0 unspecified atom stereocenters. The predicted octanol–water partition coefficient (Wildman–Crippen LogP) is 5.57. The Morgan fingerprint density at radius 2 is 1.84 bits per heavy atom. The van der Waals surface area contributed by atoms with E-state index < -0.39 is 38.0 Å². The molecule has 2 atom stereocenters. The molecular formula is C33H46N4O10SSi. The minimum atomic E-state index is -2.43. The van der Waals surface area contributed by atoms with E-state index >= 15 is 0 Å². The van der Waals surface area contributed by atoms with Crippen LogP contribution in [0.4, 0.5) is 5.69 Å². The van der Waals surface area contributed by atoms with E-state index in [9.17, 15) is 24.8 Å². The van der Waals surface area contributed by atoms with E-state index in [2.05, 4.69) is 49.3 Å². The molecule has 0 saturated heterocycles. The number of aryl methyl sites for hydroxylation is 1. The molecule has 3 aromatic rings. The molecule has 1 heterocycles. The maximum atomic E-state index is 13.9. The summed E-state index contributed by atoms with van der Waals surface area (Å²) in [4.78, 5) is 41.5. The van der Waals surface area contributed by atoms with Gasteiger partial charge in [0.15, 0.2) is 5.82 Å². The van der Waals surface area contributed by atoms with Crippen LogP contribution in [0, 0.1) is 24.0 Å². The van der Waals surface area contributed by atoms with Crippen molar-refractivity contribution >= 4 is 37.6 Å². The molecule has 0 aliphatic heterocycles. The number of carbonyl (C=O) groups excluding carboxylic acids is 2. The molecule has 268 valence electrons. The first-order chi connectivity index (χ1) is 23.0. The van der Waals surface area contributed by atoms with Gasteiger partial charge in [-0.1, -0.05) is 25.9 Å². The van der Waals surface area contributed by atoms with Crippen molar-refractivity contribution in [1.29, 1.82) is 0 Å². The van der Waals surface area contributed by atoms with Gasteiger partial charge in [0.25, 0.3) is 5.69 Å². The second-order valence-electron chi connectivity index (χ2n) is 13.1. The number of rotatable bonds is 17. The number of ether oxygens (including phenoxy) is 2. The van der Waals surface area contributed by atoms with Crippen molar-refractivity contribution in [2.45, 2.75) is 90.1 Å². The number of aliphatic hydroxyl groups is 2. The Labute approximate surface area is 291 Å². The number of methoxy groups -OCH3 is 1. The monoisotopic (exact) mass is 718 g/mol. The SMILES string of the molecule is COc1cc(O[Si](C)(C)C(C)(C)C)c(CSC[C@@H](NC(=O)CC[C@@H](O)CO)c2nc(C)no2)c(C(=O)OCc2ccc([N+](=O)[O-])cc2)c1C. The molecule has 14 nitrogen and oxygen atoms in total. The molecule has 0 bridgehead atoms. The molecule has 0 fully saturated rings. The van der Waals surface area contributed by atoms with Gasteiger partial charge in [-0.3, -0.25) is 14.9 Å². The van der Waals surface area contributed by atoms with E-state index in [1.165, 1.54) is 43.1 Å². The summed E-state index contributed by atoms with van der Waals surface area (Å²) in [5.74, 6) is 1.07. The third kappa shape index (κ3) is 10.7. The predicted molar refractivity (Wildman–Crippen MR) is 186 cm³/mol. The standard InChI is InChI=1S/C33H46N4O10SSi/c1-20-27(44-6)15-28(47-49(7,8)33(3,4)5)25(30(20)32(41)45-17-22-9-11-23(12-10-22)37(42)43)18-48-19-26(31-34-21(2)36-46-31)35-29(40)14-13-24(39)16-38/h9-12,15,24,26,38-39H,13-14,16-19H2,1-8H3,(H,35,40)/t24-,26-/m1/s1. The topological polar surface area (TPSA) is 196 Å². The lowest BCUT2D eigenvalue weighted by Gasteiger charge is -2.37. The van der Waals surface area contributed by atoms with Crippen LogP contribution in [0.2, 0.25) is 18.1 Å². The van der Waals surface area contributed by atoms with Crippen LogP contribution in [0.5, 0.6) is 11.5 Å². The lowest BCUT2D eigenvalue weighted by atomic mass is 10.0. The number of hydrogen-bond donors (Lipinski definition) is 3. The highest BCUT2D eigenvalue weighted by Gasteiger charge is 2.40. The quantitative estimate of drug-likeness (QED) is 0.0679. The van der Waals surface area contributed by atoms with Gasteiger partial charge in [0.1, 0.15) is 24.1 Å². The molecular weight excluding hydrogens is 673 g/mol. The van der Waals surface area contributed by atoms with Gasteiger partial charge in [0.05, 0.1) is 30.3 Å². The first-order valence-electron chi connectivity index (χ1n) is 15.7. The van der Waals surface area contributed by atoms with Crippen LogP contribution >= 0.6 is 11.8 Å². The number of amides is 1. The van der Waals surface area contributed by atoms with E-state index in [1.807, 2.05) is 0 Å². The van der Waals surface area contributed by atoms with E-state index in [4.69, 9.17) is 23.5 Å².